The first-order valence-electron chi connectivity index (χ1n) is 8.02. The zero-order chi connectivity index (χ0) is 18.6. The van der Waals surface area contributed by atoms with Gasteiger partial charge in [0.05, 0.1) is 17.7 Å². The van der Waals surface area contributed by atoms with Crippen LogP contribution in [0.3, 0.4) is 0 Å². The summed E-state index contributed by atoms with van der Waals surface area (Å²) >= 11 is 1.19. The number of nitrogens with zero attached hydrogens (tertiary/aromatic N) is 4. The number of benzene rings is 1. The highest BCUT2D eigenvalue weighted by Crippen LogP contribution is 2.25. The number of amides is 1. The van der Waals surface area contributed by atoms with Gasteiger partial charge in [-0.3, -0.25) is 9.47 Å². The Balaban J connectivity index is 1.54. The van der Waals surface area contributed by atoms with Crippen molar-refractivity contribution in [3.63, 3.8) is 0 Å². The number of halogens is 1. The van der Waals surface area contributed by atoms with Crippen molar-refractivity contribution in [3.8, 4) is 11.6 Å². The number of furan rings is 1. The number of hydrogen-bond donors (Lipinski definition) is 1. The molecule has 0 radical (unpaired) electrons. The maximum Gasteiger partial charge on any atom is 0.234 e. The minimum absolute atomic E-state index is 0.0475. The summed E-state index contributed by atoms with van der Waals surface area (Å²) in [6.45, 7) is 0. The number of thioether (sulfide) groups is 1. The molecule has 0 bridgehead atoms. The van der Waals surface area contributed by atoms with Gasteiger partial charge >= 0.3 is 0 Å². The standard InChI is InChI=1S/C18H14FN5O2S/c19-13-6-1-2-7-14(13)20-16(25)12-27-18-22-21-17(15-8-5-11-26-15)24(18)23-9-3-4-10-23/h1-11H,12H2,(H,20,25). The molecule has 0 spiro atoms. The lowest BCUT2D eigenvalue weighted by atomic mass is 10.3. The van der Waals surface area contributed by atoms with Crippen LogP contribution < -0.4 is 5.32 Å². The third kappa shape index (κ3) is 3.63. The van der Waals surface area contributed by atoms with Crippen molar-refractivity contribution >= 4 is 23.4 Å². The van der Waals surface area contributed by atoms with Gasteiger partial charge in [0.25, 0.3) is 0 Å². The predicted octanol–water partition coefficient (Wildman–Crippen LogP) is 3.52. The van der Waals surface area contributed by atoms with Crippen molar-refractivity contribution in [1.82, 2.24) is 19.5 Å². The smallest absolute Gasteiger partial charge is 0.234 e. The molecule has 0 saturated carbocycles. The van der Waals surface area contributed by atoms with E-state index in [1.165, 1.54) is 23.9 Å². The summed E-state index contributed by atoms with van der Waals surface area (Å²) in [4.78, 5) is 12.2. The highest BCUT2D eigenvalue weighted by molar-refractivity contribution is 7.99. The predicted molar refractivity (Wildman–Crippen MR) is 98.7 cm³/mol. The first kappa shape index (κ1) is 17.1. The zero-order valence-corrected chi connectivity index (χ0v) is 14.8. The summed E-state index contributed by atoms with van der Waals surface area (Å²) in [5.41, 5.74) is 0.145. The molecule has 4 aromatic rings. The molecule has 136 valence electrons. The van der Waals surface area contributed by atoms with Crippen LogP contribution in [0.5, 0.6) is 0 Å². The van der Waals surface area contributed by atoms with E-state index in [1.54, 1.807) is 39.9 Å². The number of carbonyl (C=O) groups is 1. The van der Waals surface area contributed by atoms with Crippen molar-refractivity contribution in [2.24, 2.45) is 0 Å². The Morgan fingerprint density at radius 3 is 2.67 bits per heavy atom. The molecule has 0 aliphatic rings. The lowest BCUT2D eigenvalue weighted by molar-refractivity contribution is -0.113. The van der Waals surface area contributed by atoms with Gasteiger partial charge in [0, 0.05) is 12.4 Å². The molecule has 0 aliphatic carbocycles. The molecule has 0 unspecified atom stereocenters. The van der Waals surface area contributed by atoms with E-state index in [-0.39, 0.29) is 17.3 Å². The number of hydrogen-bond acceptors (Lipinski definition) is 5. The van der Waals surface area contributed by atoms with Crippen LogP contribution in [-0.4, -0.2) is 31.2 Å². The summed E-state index contributed by atoms with van der Waals surface area (Å²) in [6.07, 6.45) is 5.22. The SMILES string of the molecule is O=C(CSc1nnc(-c2ccco2)n1-n1cccc1)Nc1ccccc1F. The molecule has 1 aromatic carbocycles. The molecule has 7 nitrogen and oxygen atoms in total. The van der Waals surface area contributed by atoms with Crippen LogP contribution in [0.2, 0.25) is 0 Å². The lowest BCUT2D eigenvalue weighted by Gasteiger charge is -2.10. The minimum Gasteiger partial charge on any atom is -0.461 e. The van der Waals surface area contributed by atoms with Crippen molar-refractivity contribution in [2.45, 2.75) is 5.16 Å². The number of nitrogens with one attached hydrogen (secondary N) is 1. The fraction of sp³-hybridized carbons (Fsp3) is 0.0556. The molecule has 27 heavy (non-hydrogen) atoms. The number of para-hydroxylation sites is 1. The van der Waals surface area contributed by atoms with Gasteiger partial charge in [0.1, 0.15) is 5.82 Å². The number of anilines is 1. The maximum atomic E-state index is 13.7. The number of aromatic nitrogens is 4. The summed E-state index contributed by atoms with van der Waals surface area (Å²) in [7, 11) is 0. The Morgan fingerprint density at radius 1 is 1.11 bits per heavy atom. The Hall–Kier alpha value is -3.33. The van der Waals surface area contributed by atoms with E-state index < -0.39 is 5.82 Å². The number of rotatable bonds is 6. The van der Waals surface area contributed by atoms with Gasteiger partial charge < -0.3 is 9.73 Å². The summed E-state index contributed by atoms with van der Waals surface area (Å²) in [5, 5.41) is 11.4. The van der Waals surface area contributed by atoms with E-state index in [0.29, 0.717) is 16.7 Å². The minimum atomic E-state index is -0.480. The normalized spacial score (nSPS) is 10.9. The average Bonchev–Trinajstić information content (AvgIpc) is 3.42. The van der Waals surface area contributed by atoms with Crippen LogP contribution in [-0.2, 0) is 4.79 Å². The van der Waals surface area contributed by atoms with Gasteiger partial charge in [0.2, 0.25) is 16.9 Å². The first-order chi connectivity index (χ1) is 13.2. The topological polar surface area (TPSA) is 77.9 Å². The van der Waals surface area contributed by atoms with Crippen LogP contribution in [0.4, 0.5) is 10.1 Å². The zero-order valence-electron chi connectivity index (χ0n) is 13.9. The van der Waals surface area contributed by atoms with Crippen molar-refractivity contribution in [3.05, 3.63) is 73.0 Å². The fourth-order valence-electron chi connectivity index (χ4n) is 2.46. The third-order valence-corrected chi connectivity index (χ3v) is 4.57. The molecule has 9 heteroatoms. The van der Waals surface area contributed by atoms with Gasteiger partial charge in [0.15, 0.2) is 5.76 Å². The van der Waals surface area contributed by atoms with Gasteiger partial charge in [-0.25, -0.2) is 9.07 Å². The Bertz CT molecular complexity index is 1040. The van der Waals surface area contributed by atoms with Crippen LogP contribution in [0, 0.1) is 5.82 Å². The highest BCUT2D eigenvalue weighted by Gasteiger charge is 2.18. The molecular weight excluding hydrogens is 369 g/mol. The monoisotopic (exact) mass is 383 g/mol. The molecule has 3 aromatic heterocycles. The molecule has 1 N–H and O–H groups in total. The maximum absolute atomic E-state index is 13.7. The Kier molecular flexibility index (Phi) is 4.75. The Morgan fingerprint density at radius 2 is 1.93 bits per heavy atom. The van der Waals surface area contributed by atoms with E-state index in [2.05, 4.69) is 15.5 Å². The highest BCUT2D eigenvalue weighted by atomic mass is 32.2. The molecule has 0 atom stereocenters. The molecule has 0 aliphatic heterocycles. The van der Waals surface area contributed by atoms with E-state index in [9.17, 15) is 9.18 Å². The van der Waals surface area contributed by atoms with E-state index in [1.807, 2.05) is 24.5 Å². The van der Waals surface area contributed by atoms with Gasteiger partial charge in [-0.05, 0) is 36.4 Å². The molecular formula is C18H14FN5O2S. The summed E-state index contributed by atoms with van der Waals surface area (Å²) < 4.78 is 22.6. The molecule has 1 amide bonds. The molecule has 3 heterocycles. The van der Waals surface area contributed by atoms with E-state index in [4.69, 9.17) is 4.42 Å². The van der Waals surface area contributed by atoms with Crippen LogP contribution in [0.1, 0.15) is 0 Å². The number of carbonyl (C=O) groups excluding carboxylic acids is 1. The van der Waals surface area contributed by atoms with Gasteiger partial charge in [-0.1, -0.05) is 23.9 Å². The molecule has 0 saturated heterocycles. The second kappa shape index (κ2) is 7.50. The summed E-state index contributed by atoms with van der Waals surface area (Å²) in [6, 6.07) is 13.3. The lowest BCUT2D eigenvalue weighted by Crippen LogP contribution is -2.16. The van der Waals surface area contributed by atoms with Crippen molar-refractivity contribution in [2.75, 3.05) is 11.1 Å². The van der Waals surface area contributed by atoms with Crippen LogP contribution in [0.15, 0.2) is 76.8 Å². The second-order valence-corrected chi connectivity index (χ2v) is 6.42. The van der Waals surface area contributed by atoms with Gasteiger partial charge in [-0.2, -0.15) is 0 Å². The van der Waals surface area contributed by atoms with E-state index in [0.717, 1.165) is 0 Å². The third-order valence-electron chi connectivity index (χ3n) is 3.65. The van der Waals surface area contributed by atoms with Crippen molar-refractivity contribution < 1.29 is 13.6 Å². The van der Waals surface area contributed by atoms with Crippen LogP contribution >= 0.6 is 11.8 Å². The van der Waals surface area contributed by atoms with Gasteiger partial charge in [-0.15, -0.1) is 10.2 Å². The first-order valence-corrected chi connectivity index (χ1v) is 9.01. The van der Waals surface area contributed by atoms with Crippen LogP contribution in [0.25, 0.3) is 11.6 Å². The summed E-state index contributed by atoms with van der Waals surface area (Å²) in [5.74, 6) is 0.288. The van der Waals surface area contributed by atoms with Crippen molar-refractivity contribution in [1.29, 1.82) is 0 Å². The molecule has 0 fully saturated rings. The quantitative estimate of drug-likeness (QED) is 0.516. The van der Waals surface area contributed by atoms with E-state index >= 15 is 0 Å². The fourth-order valence-corrected chi connectivity index (χ4v) is 3.19. The molecule has 4 rings (SSSR count). The second-order valence-electron chi connectivity index (χ2n) is 5.48. The average molecular weight is 383 g/mol. The Labute approximate surface area is 157 Å². The largest absolute Gasteiger partial charge is 0.461 e.